The molecular weight excluding hydrogens is 665 g/mol. The van der Waals surface area contributed by atoms with Gasteiger partial charge in [-0.1, -0.05) is 109 Å². The monoisotopic (exact) mass is 699 g/mol. The van der Waals surface area contributed by atoms with Gasteiger partial charge in [0.1, 0.15) is 12.6 Å². The molecule has 1 atom stereocenters. The van der Waals surface area contributed by atoms with Gasteiger partial charge in [0.15, 0.2) is 0 Å². The molecule has 0 saturated carbocycles. The quantitative estimate of drug-likeness (QED) is 0.156. The summed E-state index contributed by atoms with van der Waals surface area (Å²) in [4.78, 5) is 29.8. The van der Waals surface area contributed by atoms with Gasteiger partial charge in [0.2, 0.25) is 11.8 Å². The Hall–Kier alpha value is -3.56. The molecule has 0 unspecified atom stereocenters. The van der Waals surface area contributed by atoms with Crippen molar-refractivity contribution >= 4 is 62.3 Å². The van der Waals surface area contributed by atoms with Crippen molar-refractivity contribution in [2.45, 2.75) is 44.7 Å². The van der Waals surface area contributed by atoms with Crippen molar-refractivity contribution in [2.24, 2.45) is 5.92 Å². The molecule has 11 heteroatoms. The zero-order chi connectivity index (χ0) is 33.4. The molecule has 0 aliphatic rings. The standard InChI is InChI=1S/C35H36Cl3N3O4S/c1-24(2)21-39-35(43)33(19-26-7-5-4-6-8-26)40(22-27-11-13-28(36)14-12-27)34(42)23-41(29-15-18-31(37)32(38)20-29)46(44,45)30-16-9-25(3)10-17-30/h4-18,20,24,33H,19,21-23H2,1-3H3,(H,39,43)/t33-/m0/s1. The summed E-state index contributed by atoms with van der Waals surface area (Å²) in [7, 11) is -4.27. The Morgan fingerprint density at radius 2 is 1.46 bits per heavy atom. The van der Waals surface area contributed by atoms with Crippen molar-refractivity contribution in [3.63, 3.8) is 0 Å². The van der Waals surface area contributed by atoms with Crippen LogP contribution in [-0.2, 0) is 32.6 Å². The number of hydrogen-bond donors (Lipinski definition) is 1. The third-order valence-corrected chi connectivity index (χ3v) is 10.1. The highest BCUT2D eigenvalue weighted by atomic mass is 35.5. The number of sulfonamides is 1. The fourth-order valence-electron chi connectivity index (χ4n) is 4.77. The Morgan fingerprint density at radius 3 is 2.07 bits per heavy atom. The van der Waals surface area contributed by atoms with Crippen LogP contribution < -0.4 is 9.62 Å². The second-order valence-electron chi connectivity index (χ2n) is 11.4. The molecule has 0 radical (unpaired) electrons. The van der Waals surface area contributed by atoms with Gasteiger partial charge in [0.05, 0.1) is 20.6 Å². The van der Waals surface area contributed by atoms with Crippen molar-refractivity contribution in [2.75, 3.05) is 17.4 Å². The molecule has 0 spiro atoms. The number of nitrogens with zero attached hydrogens (tertiary/aromatic N) is 2. The lowest BCUT2D eigenvalue weighted by Crippen LogP contribution is -2.53. The maximum absolute atomic E-state index is 14.5. The lowest BCUT2D eigenvalue weighted by Gasteiger charge is -2.34. The van der Waals surface area contributed by atoms with Gasteiger partial charge in [-0.15, -0.1) is 0 Å². The number of nitrogens with one attached hydrogen (secondary N) is 1. The van der Waals surface area contributed by atoms with E-state index in [1.807, 2.05) is 51.1 Å². The molecule has 46 heavy (non-hydrogen) atoms. The third kappa shape index (κ3) is 9.26. The summed E-state index contributed by atoms with van der Waals surface area (Å²) < 4.78 is 29.3. The SMILES string of the molecule is Cc1ccc(S(=O)(=O)N(CC(=O)N(Cc2ccc(Cl)cc2)[C@@H](Cc2ccccc2)C(=O)NCC(C)C)c2ccc(Cl)c(Cl)c2)cc1. The molecule has 0 aromatic heterocycles. The second kappa shape index (κ2) is 15.8. The molecule has 7 nitrogen and oxygen atoms in total. The minimum absolute atomic E-state index is 0.00302. The third-order valence-electron chi connectivity index (χ3n) is 7.30. The number of hydrogen-bond acceptors (Lipinski definition) is 4. The Labute approximate surface area is 286 Å². The first-order valence-corrected chi connectivity index (χ1v) is 17.3. The lowest BCUT2D eigenvalue weighted by atomic mass is 10.0. The molecular formula is C35H36Cl3N3O4S. The number of aryl methyl sites for hydroxylation is 1. The zero-order valence-electron chi connectivity index (χ0n) is 25.8. The first-order chi connectivity index (χ1) is 21.8. The van der Waals surface area contributed by atoms with Crippen LogP contribution in [0.4, 0.5) is 5.69 Å². The van der Waals surface area contributed by atoms with Crippen molar-refractivity contribution < 1.29 is 18.0 Å². The average molecular weight is 701 g/mol. The lowest BCUT2D eigenvalue weighted by molar-refractivity contribution is -0.140. The largest absolute Gasteiger partial charge is 0.354 e. The van der Waals surface area contributed by atoms with Crippen molar-refractivity contribution in [1.29, 1.82) is 0 Å². The molecule has 4 rings (SSSR count). The van der Waals surface area contributed by atoms with E-state index in [-0.39, 0.29) is 45.4 Å². The highest BCUT2D eigenvalue weighted by Gasteiger charge is 2.35. The Bertz CT molecular complexity index is 1750. The second-order valence-corrected chi connectivity index (χ2v) is 14.5. The van der Waals surface area contributed by atoms with E-state index in [4.69, 9.17) is 34.8 Å². The van der Waals surface area contributed by atoms with Gasteiger partial charge >= 0.3 is 0 Å². The van der Waals surface area contributed by atoms with Crippen LogP contribution >= 0.6 is 34.8 Å². The summed E-state index contributed by atoms with van der Waals surface area (Å²) >= 11 is 18.6. The summed E-state index contributed by atoms with van der Waals surface area (Å²) in [5.41, 5.74) is 2.59. The maximum Gasteiger partial charge on any atom is 0.264 e. The molecule has 1 N–H and O–H groups in total. The van der Waals surface area contributed by atoms with Gasteiger partial charge in [-0.2, -0.15) is 0 Å². The summed E-state index contributed by atoms with van der Waals surface area (Å²) in [6.45, 7) is 5.64. The number of benzene rings is 4. The zero-order valence-corrected chi connectivity index (χ0v) is 28.9. The summed E-state index contributed by atoms with van der Waals surface area (Å²) in [5, 5.41) is 3.86. The van der Waals surface area contributed by atoms with Crippen LogP contribution in [0.15, 0.2) is 102 Å². The van der Waals surface area contributed by atoms with E-state index in [0.29, 0.717) is 11.6 Å². The molecule has 0 aliphatic carbocycles. The molecule has 4 aromatic rings. The van der Waals surface area contributed by atoms with Crippen molar-refractivity contribution in [3.8, 4) is 0 Å². The van der Waals surface area contributed by atoms with Crippen LogP contribution in [0, 0.1) is 12.8 Å². The van der Waals surface area contributed by atoms with Crippen LogP contribution in [-0.4, -0.2) is 44.3 Å². The molecule has 0 aliphatic heterocycles. The number of anilines is 1. The highest BCUT2D eigenvalue weighted by molar-refractivity contribution is 7.92. The molecule has 0 heterocycles. The van der Waals surface area contributed by atoms with E-state index in [1.54, 1.807) is 36.4 Å². The number of amides is 2. The van der Waals surface area contributed by atoms with E-state index in [2.05, 4.69) is 5.32 Å². The Kier molecular flexibility index (Phi) is 12.1. The van der Waals surface area contributed by atoms with Gasteiger partial charge in [-0.3, -0.25) is 13.9 Å². The first-order valence-electron chi connectivity index (χ1n) is 14.7. The van der Waals surface area contributed by atoms with Gasteiger partial charge in [-0.05, 0) is 66.4 Å². The predicted octanol–water partition coefficient (Wildman–Crippen LogP) is 7.56. The maximum atomic E-state index is 14.5. The molecule has 0 fully saturated rings. The van der Waals surface area contributed by atoms with Crippen LogP contribution in [0.25, 0.3) is 0 Å². The molecule has 2 amide bonds. The summed E-state index contributed by atoms with van der Waals surface area (Å²) in [5.74, 6) is -0.758. The summed E-state index contributed by atoms with van der Waals surface area (Å²) in [6, 6.07) is 26.1. The first kappa shape index (κ1) is 35.3. The molecule has 0 saturated heterocycles. The van der Waals surface area contributed by atoms with Crippen LogP contribution in [0.1, 0.15) is 30.5 Å². The number of carbonyl (C=O) groups is 2. The van der Waals surface area contributed by atoms with E-state index in [9.17, 15) is 18.0 Å². The predicted molar refractivity (Wildman–Crippen MR) is 186 cm³/mol. The minimum Gasteiger partial charge on any atom is -0.354 e. The Morgan fingerprint density at radius 1 is 0.804 bits per heavy atom. The van der Waals surface area contributed by atoms with Crippen LogP contribution in [0.3, 0.4) is 0 Å². The van der Waals surface area contributed by atoms with E-state index < -0.39 is 28.5 Å². The smallest absolute Gasteiger partial charge is 0.264 e. The van der Waals surface area contributed by atoms with Crippen LogP contribution in [0.2, 0.25) is 15.1 Å². The normalized spacial score (nSPS) is 12.1. The number of halogens is 3. The van der Waals surface area contributed by atoms with E-state index >= 15 is 0 Å². The van der Waals surface area contributed by atoms with E-state index in [1.165, 1.54) is 35.2 Å². The van der Waals surface area contributed by atoms with E-state index in [0.717, 1.165) is 21.0 Å². The van der Waals surface area contributed by atoms with Gasteiger partial charge < -0.3 is 10.2 Å². The van der Waals surface area contributed by atoms with Gasteiger partial charge in [0, 0.05) is 24.5 Å². The number of carbonyl (C=O) groups excluding carboxylic acids is 2. The molecule has 0 bridgehead atoms. The average Bonchev–Trinajstić information content (AvgIpc) is 3.03. The molecule has 4 aromatic carbocycles. The number of rotatable bonds is 13. The van der Waals surface area contributed by atoms with Gasteiger partial charge in [0.25, 0.3) is 10.0 Å². The highest BCUT2D eigenvalue weighted by Crippen LogP contribution is 2.31. The minimum atomic E-state index is -4.27. The molecule has 242 valence electrons. The van der Waals surface area contributed by atoms with Crippen molar-refractivity contribution in [3.05, 3.63) is 129 Å². The van der Waals surface area contributed by atoms with Crippen LogP contribution in [0.5, 0.6) is 0 Å². The topological polar surface area (TPSA) is 86.8 Å². The fraction of sp³-hybridized carbons (Fsp3) is 0.257. The Balaban J connectivity index is 1.81. The summed E-state index contributed by atoms with van der Waals surface area (Å²) in [6.07, 6.45) is 0.210. The fourth-order valence-corrected chi connectivity index (χ4v) is 6.59. The van der Waals surface area contributed by atoms with Crippen molar-refractivity contribution in [1.82, 2.24) is 10.2 Å². The van der Waals surface area contributed by atoms with Gasteiger partial charge in [-0.25, -0.2) is 8.42 Å².